The first-order valence-corrected chi connectivity index (χ1v) is 13.1. The van der Waals surface area contributed by atoms with Gasteiger partial charge in [-0.25, -0.2) is 0 Å². The molecule has 0 unspecified atom stereocenters. The highest BCUT2D eigenvalue weighted by Crippen LogP contribution is 2.30. The summed E-state index contributed by atoms with van der Waals surface area (Å²) in [5.74, 6) is 1.26. The van der Waals surface area contributed by atoms with E-state index in [1.165, 1.54) is 57.8 Å². The summed E-state index contributed by atoms with van der Waals surface area (Å²) in [6.45, 7) is 5.71. The Morgan fingerprint density at radius 2 is 1.24 bits per heavy atom. The molecular formula is C29H43NO4. The molecule has 0 aliphatic heterocycles. The van der Waals surface area contributed by atoms with Crippen molar-refractivity contribution in [2.75, 3.05) is 18.5 Å². The van der Waals surface area contributed by atoms with E-state index in [4.69, 9.17) is 9.47 Å². The van der Waals surface area contributed by atoms with Gasteiger partial charge in [-0.15, -0.1) is 0 Å². The first kappa shape index (κ1) is 27.6. The molecule has 0 aromatic heterocycles. The van der Waals surface area contributed by atoms with Crippen LogP contribution in [0.2, 0.25) is 0 Å². The first-order chi connectivity index (χ1) is 16.6. The maximum Gasteiger partial charge on any atom is 0.255 e. The zero-order valence-corrected chi connectivity index (χ0v) is 21.1. The molecule has 0 aliphatic rings. The molecule has 2 N–H and O–H groups in total. The number of nitrogens with one attached hydrogen (secondary N) is 1. The lowest BCUT2D eigenvalue weighted by molar-refractivity contribution is 0.102. The fourth-order valence-electron chi connectivity index (χ4n) is 3.76. The summed E-state index contributed by atoms with van der Waals surface area (Å²) in [6.07, 6.45) is 14.4. The standard InChI is InChI=1S/C29H43NO4/c1-3-5-7-9-11-13-21-33-27-20-15-24(29(32)30-25-16-18-26(31)19-17-25)23-28(27)34-22-14-12-10-8-6-4-2/h15-20,23,31H,3-14,21-22H2,1-2H3,(H,30,32). The lowest BCUT2D eigenvalue weighted by Gasteiger charge is -2.15. The summed E-state index contributed by atoms with van der Waals surface area (Å²) in [4.78, 5) is 12.8. The van der Waals surface area contributed by atoms with Gasteiger partial charge < -0.3 is 19.9 Å². The number of hydrogen-bond donors (Lipinski definition) is 2. The molecule has 0 heterocycles. The average Bonchev–Trinajstić information content (AvgIpc) is 2.84. The van der Waals surface area contributed by atoms with Crippen LogP contribution >= 0.6 is 0 Å². The van der Waals surface area contributed by atoms with Gasteiger partial charge >= 0.3 is 0 Å². The van der Waals surface area contributed by atoms with E-state index >= 15 is 0 Å². The van der Waals surface area contributed by atoms with Crippen LogP contribution in [0.3, 0.4) is 0 Å². The van der Waals surface area contributed by atoms with Crippen LogP contribution in [0.25, 0.3) is 0 Å². The van der Waals surface area contributed by atoms with E-state index in [-0.39, 0.29) is 11.7 Å². The summed E-state index contributed by atoms with van der Waals surface area (Å²) in [5.41, 5.74) is 1.14. The summed E-state index contributed by atoms with van der Waals surface area (Å²) in [6, 6.07) is 11.8. The van der Waals surface area contributed by atoms with Crippen molar-refractivity contribution in [3.63, 3.8) is 0 Å². The minimum atomic E-state index is -0.224. The molecule has 2 aromatic rings. The largest absolute Gasteiger partial charge is 0.508 e. The summed E-state index contributed by atoms with van der Waals surface area (Å²) in [7, 11) is 0. The number of amides is 1. The van der Waals surface area contributed by atoms with Gasteiger partial charge in [0.2, 0.25) is 0 Å². The number of phenols is 1. The number of ether oxygens (including phenoxy) is 2. The molecule has 0 saturated carbocycles. The van der Waals surface area contributed by atoms with Gasteiger partial charge in [-0.05, 0) is 55.3 Å². The van der Waals surface area contributed by atoms with Gasteiger partial charge in [0.25, 0.3) is 5.91 Å². The van der Waals surface area contributed by atoms with E-state index in [0.717, 1.165) is 19.3 Å². The Kier molecular flexibility index (Phi) is 13.7. The molecule has 1 amide bonds. The fourth-order valence-corrected chi connectivity index (χ4v) is 3.76. The molecule has 0 saturated heterocycles. The van der Waals surface area contributed by atoms with Crippen molar-refractivity contribution < 1.29 is 19.4 Å². The Morgan fingerprint density at radius 3 is 1.82 bits per heavy atom. The Balaban J connectivity index is 1.94. The SMILES string of the molecule is CCCCCCCCOc1ccc(C(=O)Nc2ccc(O)cc2)cc1OCCCCCCCC. The molecule has 0 fully saturated rings. The summed E-state index contributed by atoms with van der Waals surface area (Å²) < 4.78 is 12.1. The van der Waals surface area contributed by atoms with Gasteiger partial charge in [0.05, 0.1) is 13.2 Å². The number of carbonyl (C=O) groups is 1. The molecule has 2 aromatic carbocycles. The third-order valence-electron chi connectivity index (χ3n) is 5.84. The van der Waals surface area contributed by atoms with Crippen molar-refractivity contribution >= 4 is 11.6 Å². The molecule has 0 radical (unpaired) electrons. The van der Waals surface area contributed by atoms with Crippen molar-refractivity contribution in [2.45, 2.75) is 90.9 Å². The monoisotopic (exact) mass is 469 g/mol. The highest BCUT2D eigenvalue weighted by atomic mass is 16.5. The van der Waals surface area contributed by atoms with Crippen LogP contribution in [0, 0.1) is 0 Å². The molecule has 0 atom stereocenters. The third kappa shape index (κ3) is 11.0. The number of carbonyl (C=O) groups excluding carboxylic acids is 1. The van der Waals surface area contributed by atoms with Crippen molar-refractivity contribution in [1.29, 1.82) is 0 Å². The predicted molar refractivity (Wildman–Crippen MR) is 140 cm³/mol. The summed E-state index contributed by atoms with van der Waals surface area (Å²) in [5, 5.41) is 12.3. The van der Waals surface area contributed by atoms with Crippen molar-refractivity contribution in [2.24, 2.45) is 0 Å². The van der Waals surface area contributed by atoms with E-state index in [1.807, 2.05) is 6.07 Å². The van der Waals surface area contributed by atoms with Crippen LogP contribution in [0.15, 0.2) is 42.5 Å². The Bertz CT molecular complexity index is 819. The molecule has 34 heavy (non-hydrogen) atoms. The number of aromatic hydroxyl groups is 1. The van der Waals surface area contributed by atoms with Gasteiger partial charge in [-0.2, -0.15) is 0 Å². The van der Waals surface area contributed by atoms with E-state index < -0.39 is 0 Å². The van der Waals surface area contributed by atoms with Crippen molar-refractivity contribution in [3.05, 3.63) is 48.0 Å². The fraction of sp³-hybridized carbons (Fsp3) is 0.552. The highest BCUT2D eigenvalue weighted by molar-refractivity contribution is 6.04. The van der Waals surface area contributed by atoms with Crippen molar-refractivity contribution in [1.82, 2.24) is 0 Å². The van der Waals surface area contributed by atoms with Crippen LogP contribution in [0.4, 0.5) is 5.69 Å². The predicted octanol–water partition coefficient (Wildman–Crippen LogP) is 8.12. The molecule has 0 aliphatic carbocycles. The highest BCUT2D eigenvalue weighted by Gasteiger charge is 2.13. The number of benzene rings is 2. The van der Waals surface area contributed by atoms with Crippen molar-refractivity contribution in [3.8, 4) is 17.2 Å². The third-order valence-corrected chi connectivity index (χ3v) is 5.84. The van der Waals surface area contributed by atoms with E-state index in [2.05, 4.69) is 19.2 Å². The number of rotatable bonds is 18. The zero-order valence-electron chi connectivity index (χ0n) is 21.1. The van der Waals surface area contributed by atoms with E-state index in [0.29, 0.717) is 36.0 Å². The maximum absolute atomic E-state index is 12.8. The lowest BCUT2D eigenvalue weighted by atomic mass is 10.1. The number of unbranched alkanes of at least 4 members (excludes halogenated alkanes) is 10. The zero-order chi connectivity index (χ0) is 24.4. The molecule has 5 heteroatoms. The smallest absolute Gasteiger partial charge is 0.255 e. The average molecular weight is 470 g/mol. The lowest BCUT2D eigenvalue weighted by Crippen LogP contribution is -2.12. The van der Waals surface area contributed by atoms with Gasteiger partial charge in [0.15, 0.2) is 11.5 Å². The second-order valence-electron chi connectivity index (χ2n) is 8.89. The Hall–Kier alpha value is -2.69. The van der Waals surface area contributed by atoms with Gasteiger partial charge in [0.1, 0.15) is 5.75 Å². The topological polar surface area (TPSA) is 67.8 Å². The second kappa shape index (κ2) is 16.9. The van der Waals surface area contributed by atoms with Crippen LogP contribution in [0.5, 0.6) is 17.2 Å². The maximum atomic E-state index is 12.8. The molecule has 5 nitrogen and oxygen atoms in total. The molecule has 0 spiro atoms. The quantitative estimate of drug-likeness (QED) is 0.171. The van der Waals surface area contributed by atoms with E-state index in [1.54, 1.807) is 36.4 Å². The Morgan fingerprint density at radius 1 is 0.706 bits per heavy atom. The molecular weight excluding hydrogens is 426 g/mol. The van der Waals surface area contributed by atoms with Crippen LogP contribution in [0.1, 0.15) is 101 Å². The normalized spacial score (nSPS) is 10.8. The first-order valence-electron chi connectivity index (χ1n) is 13.1. The van der Waals surface area contributed by atoms with Gasteiger partial charge in [0, 0.05) is 11.3 Å². The molecule has 2 rings (SSSR count). The van der Waals surface area contributed by atoms with E-state index in [9.17, 15) is 9.90 Å². The molecule has 0 bridgehead atoms. The van der Waals surface area contributed by atoms with Crippen LogP contribution in [-0.4, -0.2) is 24.2 Å². The minimum absolute atomic E-state index is 0.162. The van der Waals surface area contributed by atoms with Crippen LogP contribution < -0.4 is 14.8 Å². The second-order valence-corrected chi connectivity index (χ2v) is 8.89. The number of hydrogen-bond acceptors (Lipinski definition) is 4. The van der Waals surface area contributed by atoms with Gasteiger partial charge in [-0.1, -0.05) is 78.1 Å². The van der Waals surface area contributed by atoms with Crippen LogP contribution in [-0.2, 0) is 0 Å². The number of phenolic OH excluding ortho intramolecular Hbond substituents is 1. The summed E-state index contributed by atoms with van der Waals surface area (Å²) >= 11 is 0. The minimum Gasteiger partial charge on any atom is -0.508 e. The van der Waals surface area contributed by atoms with Gasteiger partial charge in [-0.3, -0.25) is 4.79 Å². The molecule has 188 valence electrons. The number of anilines is 1. The Labute approximate surface area is 205 Å².